The Morgan fingerprint density at radius 2 is 1.37 bits per heavy atom. The number of amides is 2. The maximum atomic E-state index is 12.0. The van der Waals surface area contributed by atoms with Crippen molar-refractivity contribution in [1.82, 2.24) is 0 Å². The number of hydrogen-bond acceptors (Lipinski definition) is 5. The molecule has 0 aliphatic rings. The summed E-state index contributed by atoms with van der Waals surface area (Å²) in [6, 6.07) is 15.6. The van der Waals surface area contributed by atoms with E-state index < -0.39 is 5.97 Å². The van der Waals surface area contributed by atoms with E-state index in [1.54, 1.807) is 50.2 Å². The van der Waals surface area contributed by atoms with Crippen molar-refractivity contribution < 1.29 is 19.1 Å². The normalized spacial score (nSPS) is 10.3. The van der Waals surface area contributed by atoms with Gasteiger partial charge in [0.1, 0.15) is 0 Å². The summed E-state index contributed by atoms with van der Waals surface area (Å²) in [5.74, 6) is -0.443. The van der Waals surface area contributed by atoms with E-state index >= 15 is 0 Å². The minimum atomic E-state index is -0.400. The van der Waals surface area contributed by atoms with Gasteiger partial charge < -0.3 is 15.4 Å². The molecule has 6 nitrogen and oxygen atoms in total. The van der Waals surface area contributed by atoms with E-state index in [0.29, 0.717) is 11.3 Å². The van der Waals surface area contributed by atoms with E-state index in [2.05, 4.69) is 10.6 Å². The van der Waals surface area contributed by atoms with Crippen LogP contribution < -0.4 is 10.6 Å². The van der Waals surface area contributed by atoms with Gasteiger partial charge in [-0.2, -0.15) is 0 Å². The number of rotatable bonds is 8. The highest BCUT2D eigenvalue weighted by Crippen LogP contribution is 2.13. The third-order valence-corrected chi connectivity index (χ3v) is 4.20. The van der Waals surface area contributed by atoms with E-state index in [4.69, 9.17) is 4.74 Å². The topological polar surface area (TPSA) is 84.5 Å². The molecule has 7 heteroatoms. The second-order valence-corrected chi connectivity index (χ2v) is 6.97. The van der Waals surface area contributed by atoms with Crippen LogP contribution in [-0.4, -0.2) is 35.4 Å². The van der Waals surface area contributed by atoms with Gasteiger partial charge in [0.05, 0.1) is 23.2 Å². The maximum absolute atomic E-state index is 12.0. The van der Waals surface area contributed by atoms with Crippen molar-refractivity contribution in [1.29, 1.82) is 0 Å². The van der Waals surface area contributed by atoms with E-state index in [9.17, 15) is 14.4 Å². The van der Waals surface area contributed by atoms with Gasteiger partial charge in [0.2, 0.25) is 11.8 Å². The number of anilines is 2. The van der Waals surface area contributed by atoms with Gasteiger partial charge in [-0.3, -0.25) is 9.59 Å². The number of esters is 1. The number of carbonyl (C=O) groups excluding carboxylic acids is 3. The zero-order chi connectivity index (χ0) is 19.6. The van der Waals surface area contributed by atoms with E-state index in [1.807, 2.05) is 18.2 Å². The lowest BCUT2D eigenvalue weighted by Crippen LogP contribution is -2.18. The number of ether oxygens (including phenoxy) is 1. The molecule has 2 rings (SSSR count). The molecule has 0 spiro atoms. The highest BCUT2D eigenvalue weighted by atomic mass is 32.2. The van der Waals surface area contributed by atoms with Crippen LogP contribution in [0.15, 0.2) is 54.6 Å². The van der Waals surface area contributed by atoms with E-state index in [-0.39, 0.29) is 29.4 Å². The largest absolute Gasteiger partial charge is 0.459 e. The Kier molecular flexibility index (Phi) is 7.88. The fourth-order valence-electron chi connectivity index (χ4n) is 2.12. The van der Waals surface area contributed by atoms with Gasteiger partial charge in [0.25, 0.3) is 0 Å². The lowest BCUT2D eigenvalue weighted by atomic mass is 10.2. The van der Waals surface area contributed by atoms with Crippen LogP contribution >= 0.6 is 11.8 Å². The molecule has 2 aromatic rings. The molecule has 0 heterocycles. The van der Waals surface area contributed by atoms with Gasteiger partial charge in [-0.1, -0.05) is 18.2 Å². The summed E-state index contributed by atoms with van der Waals surface area (Å²) in [7, 11) is 0. The van der Waals surface area contributed by atoms with E-state index in [0.717, 1.165) is 5.69 Å². The van der Waals surface area contributed by atoms with Crippen molar-refractivity contribution in [2.75, 3.05) is 22.1 Å². The molecular weight excluding hydrogens is 364 g/mol. The molecule has 2 amide bonds. The average molecular weight is 386 g/mol. The minimum Gasteiger partial charge on any atom is -0.459 e. The van der Waals surface area contributed by atoms with Crippen LogP contribution in [0, 0.1) is 0 Å². The van der Waals surface area contributed by atoms with Gasteiger partial charge in [0.15, 0.2) is 0 Å². The van der Waals surface area contributed by atoms with E-state index in [1.165, 1.54) is 11.8 Å². The quantitative estimate of drug-likeness (QED) is 0.678. The van der Waals surface area contributed by atoms with Gasteiger partial charge >= 0.3 is 5.97 Å². The zero-order valence-corrected chi connectivity index (χ0v) is 16.0. The Morgan fingerprint density at radius 1 is 0.852 bits per heavy atom. The summed E-state index contributed by atoms with van der Waals surface area (Å²) < 4.78 is 5.11. The Bertz CT molecular complexity index is 776. The molecule has 0 aliphatic carbocycles. The smallest absolute Gasteiger partial charge is 0.338 e. The van der Waals surface area contributed by atoms with Crippen LogP contribution in [0.4, 0.5) is 11.4 Å². The fourth-order valence-corrected chi connectivity index (χ4v) is 2.74. The van der Waals surface area contributed by atoms with Crippen LogP contribution in [-0.2, 0) is 14.3 Å². The maximum Gasteiger partial charge on any atom is 0.338 e. The third kappa shape index (κ3) is 7.53. The Hall–Kier alpha value is -2.80. The summed E-state index contributed by atoms with van der Waals surface area (Å²) in [6.07, 6.45) is -0.187. The third-order valence-electron chi connectivity index (χ3n) is 3.27. The molecule has 0 unspecified atom stereocenters. The summed E-state index contributed by atoms with van der Waals surface area (Å²) >= 11 is 1.22. The molecule has 2 N–H and O–H groups in total. The highest BCUT2D eigenvalue weighted by molar-refractivity contribution is 8.00. The fraction of sp³-hybridized carbons (Fsp3) is 0.250. The highest BCUT2D eigenvalue weighted by Gasteiger charge is 2.10. The molecule has 0 saturated carbocycles. The molecule has 142 valence electrons. The molecule has 0 aromatic heterocycles. The van der Waals surface area contributed by atoms with Crippen LogP contribution in [0.1, 0.15) is 24.2 Å². The lowest BCUT2D eigenvalue weighted by molar-refractivity contribution is -0.114. The molecule has 0 atom stereocenters. The minimum absolute atomic E-state index is 0.152. The summed E-state index contributed by atoms with van der Waals surface area (Å²) in [5, 5.41) is 5.49. The molecule has 0 bridgehead atoms. The molecular formula is C20H22N2O4S. The van der Waals surface area contributed by atoms with Crippen LogP contribution in [0.3, 0.4) is 0 Å². The second-order valence-electron chi connectivity index (χ2n) is 5.99. The molecule has 0 radical (unpaired) electrons. The number of para-hydroxylation sites is 1. The first kappa shape index (κ1) is 20.5. The van der Waals surface area contributed by atoms with Crippen molar-refractivity contribution in [2.45, 2.75) is 20.0 Å². The van der Waals surface area contributed by atoms with Gasteiger partial charge in [-0.15, -0.1) is 11.8 Å². The SMILES string of the molecule is CC(C)OC(=O)c1ccc(NC(=O)CSCC(=O)Nc2ccccc2)cc1. The second kappa shape index (κ2) is 10.4. The van der Waals surface area contributed by atoms with Crippen molar-refractivity contribution in [3.05, 3.63) is 60.2 Å². The molecule has 27 heavy (non-hydrogen) atoms. The number of nitrogens with one attached hydrogen (secondary N) is 2. The Balaban J connectivity index is 1.72. The van der Waals surface area contributed by atoms with Gasteiger partial charge in [0, 0.05) is 11.4 Å². The van der Waals surface area contributed by atoms with Crippen LogP contribution in [0.2, 0.25) is 0 Å². The summed E-state index contributed by atoms with van der Waals surface area (Å²) in [4.78, 5) is 35.6. The summed E-state index contributed by atoms with van der Waals surface area (Å²) in [5.41, 5.74) is 1.73. The van der Waals surface area contributed by atoms with Crippen molar-refractivity contribution in [3.63, 3.8) is 0 Å². The molecule has 0 saturated heterocycles. The predicted octanol–water partition coefficient (Wildman–Crippen LogP) is 3.56. The Morgan fingerprint density at radius 3 is 1.89 bits per heavy atom. The number of hydrogen-bond donors (Lipinski definition) is 2. The molecule has 0 fully saturated rings. The average Bonchev–Trinajstić information content (AvgIpc) is 2.62. The monoisotopic (exact) mass is 386 g/mol. The van der Waals surface area contributed by atoms with Gasteiger partial charge in [-0.25, -0.2) is 4.79 Å². The standard InChI is InChI=1S/C20H22N2O4S/c1-14(2)26-20(25)15-8-10-17(11-9-15)22-19(24)13-27-12-18(23)21-16-6-4-3-5-7-16/h3-11,14H,12-13H2,1-2H3,(H,21,23)(H,22,24). The first-order valence-electron chi connectivity index (χ1n) is 8.47. The van der Waals surface area contributed by atoms with Crippen LogP contribution in [0.5, 0.6) is 0 Å². The number of benzene rings is 2. The van der Waals surface area contributed by atoms with Crippen molar-refractivity contribution >= 4 is 40.9 Å². The Labute approximate surface area is 162 Å². The number of carbonyl (C=O) groups is 3. The van der Waals surface area contributed by atoms with Gasteiger partial charge in [-0.05, 0) is 50.2 Å². The van der Waals surface area contributed by atoms with Crippen molar-refractivity contribution in [3.8, 4) is 0 Å². The zero-order valence-electron chi connectivity index (χ0n) is 15.2. The first-order chi connectivity index (χ1) is 12.9. The molecule has 0 aliphatic heterocycles. The predicted molar refractivity (Wildman–Crippen MR) is 108 cm³/mol. The first-order valence-corrected chi connectivity index (χ1v) is 9.63. The number of thioether (sulfide) groups is 1. The van der Waals surface area contributed by atoms with Crippen LogP contribution in [0.25, 0.3) is 0 Å². The molecule has 2 aromatic carbocycles. The summed E-state index contributed by atoms with van der Waals surface area (Å²) in [6.45, 7) is 3.56. The van der Waals surface area contributed by atoms with Crippen molar-refractivity contribution in [2.24, 2.45) is 0 Å². The lowest BCUT2D eigenvalue weighted by Gasteiger charge is -2.09.